The minimum atomic E-state index is -0.355. The number of nitrogens with one attached hydrogen (secondary N) is 2. The number of hydrogen-bond donors (Lipinski definition) is 2. The predicted molar refractivity (Wildman–Crippen MR) is 77.3 cm³/mol. The van der Waals surface area contributed by atoms with Crippen LogP contribution in [0.5, 0.6) is 0 Å². The smallest absolute Gasteiger partial charge is 0.233 e. The minimum Gasteiger partial charge on any atom is -0.351 e. The van der Waals surface area contributed by atoms with Crippen molar-refractivity contribution in [2.75, 3.05) is 5.32 Å². The van der Waals surface area contributed by atoms with E-state index in [0.29, 0.717) is 10.7 Å². The third kappa shape index (κ3) is 5.30. The summed E-state index contributed by atoms with van der Waals surface area (Å²) in [6, 6.07) is 5.25. The Kier molecular flexibility index (Phi) is 4.95. The molecule has 0 spiro atoms. The van der Waals surface area contributed by atoms with E-state index in [9.17, 15) is 9.59 Å². The lowest BCUT2D eigenvalue weighted by molar-refractivity contribution is -0.127. The van der Waals surface area contributed by atoms with Crippen molar-refractivity contribution in [2.45, 2.75) is 39.7 Å². The summed E-state index contributed by atoms with van der Waals surface area (Å²) in [5.74, 6) is -0.656. The van der Waals surface area contributed by atoms with Gasteiger partial charge in [-0.05, 0) is 45.4 Å². The van der Waals surface area contributed by atoms with Crippen LogP contribution in [0.25, 0.3) is 0 Å². The summed E-state index contributed by atoms with van der Waals surface area (Å²) < 4.78 is 0. The van der Waals surface area contributed by atoms with E-state index in [-0.39, 0.29) is 23.8 Å². The molecule has 0 saturated carbocycles. The molecule has 5 heteroatoms. The zero-order valence-corrected chi connectivity index (χ0v) is 12.4. The van der Waals surface area contributed by atoms with E-state index in [1.165, 1.54) is 0 Å². The fourth-order valence-corrected chi connectivity index (χ4v) is 1.72. The van der Waals surface area contributed by atoms with Gasteiger partial charge in [0.15, 0.2) is 0 Å². The second kappa shape index (κ2) is 6.06. The van der Waals surface area contributed by atoms with Crippen molar-refractivity contribution in [1.29, 1.82) is 0 Å². The molecule has 0 unspecified atom stereocenters. The Bertz CT molecular complexity index is 493. The highest BCUT2D eigenvalue weighted by Crippen LogP contribution is 2.22. The van der Waals surface area contributed by atoms with Crippen molar-refractivity contribution in [2.24, 2.45) is 0 Å². The van der Waals surface area contributed by atoms with E-state index in [4.69, 9.17) is 11.6 Å². The molecule has 0 radical (unpaired) electrons. The van der Waals surface area contributed by atoms with Gasteiger partial charge in [0, 0.05) is 16.2 Å². The summed E-state index contributed by atoms with van der Waals surface area (Å²) in [6.07, 6.45) is -0.205. The van der Waals surface area contributed by atoms with Gasteiger partial charge in [-0.25, -0.2) is 0 Å². The van der Waals surface area contributed by atoms with Crippen molar-refractivity contribution >= 4 is 29.1 Å². The topological polar surface area (TPSA) is 58.2 Å². The van der Waals surface area contributed by atoms with Crippen LogP contribution in [0.1, 0.15) is 32.8 Å². The second-order valence-corrected chi connectivity index (χ2v) is 5.84. The van der Waals surface area contributed by atoms with E-state index in [1.54, 1.807) is 18.2 Å². The Hall–Kier alpha value is -1.55. The Morgan fingerprint density at radius 2 is 1.84 bits per heavy atom. The van der Waals surface area contributed by atoms with Crippen LogP contribution in [0.3, 0.4) is 0 Å². The Morgan fingerprint density at radius 3 is 2.42 bits per heavy atom. The number of halogens is 1. The van der Waals surface area contributed by atoms with E-state index < -0.39 is 0 Å². The highest BCUT2D eigenvalue weighted by atomic mass is 35.5. The molecule has 4 nitrogen and oxygen atoms in total. The summed E-state index contributed by atoms with van der Waals surface area (Å²) in [4.78, 5) is 23.4. The molecule has 104 valence electrons. The minimum absolute atomic E-state index is 0.205. The largest absolute Gasteiger partial charge is 0.351 e. The molecule has 0 aliphatic carbocycles. The SMILES string of the molecule is Cc1c(Cl)cccc1NC(=O)CC(=O)NC(C)(C)C. The highest BCUT2D eigenvalue weighted by molar-refractivity contribution is 6.31. The van der Waals surface area contributed by atoms with E-state index in [2.05, 4.69) is 10.6 Å². The number of hydrogen-bond acceptors (Lipinski definition) is 2. The van der Waals surface area contributed by atoms with Gasteiger partial charge in [0.2, 0.25) is 11.8 Å². The zero-order valence-electron chi connectivity index (χ0n) is 11.6. The Labute approximate surface area is 118 Å². The number of carbonyl (C=O) groups is 2. The van der Waals surface area contributed by atoms with Crippen molar-refractivity contribution in [1.82, 2.24) is 5.32 Å². The van der Waals surface area contributed by atoms with Gasteiger partial charge in [0.25, 0.3) is 0 Å². The first kappa shape index (κ1) is 15.5. The summed E-state index contributed by atoms with van der Waals surface area (Å²) in [6.45, 7) is 7.41. The van der Waals surface area contributed by atoms with Gasteiger partial charge in [0.05, 0.1) is 0 Å². The van der Waals surface area contributed by atoms with Crippen LogP contribution in [-0.2, 0) is 9.59 Å². The van der Waals surface area contributed by atoms with E-state index in [1.807, 2.05) is 27.7 Å². The van der Waals surface area contributed by atoms with Gasteiger partial charge in [-0.3, -0.25) is 9.59 Å². The normalized spacial score (nSPS) is 11.0. The molecule has 0 fully saturated rings. The van der Waals surface area contributed by atoms with Crippen LogP contribution in [-0.4, -0.2) is 17.4 Å². The highest BCUT2D eigenvalue weighted by Gasteiger charge is 2.17. The zero-order chi connectivity index (χ0) is 14.6. The maximum Gasteiger partial charge on any atom is 0.233 e. The number of carbonyl (C=O) groups excluding carboxylic acids is 2. The van der Waals surface area contributed by atoms with Gasteiger partial charge < -0.3 is 10.6 Å². The lowest BCUT2D eigenvalue weighted by Crippen LogP contribution is -2.41. The first-order chi connectivity index (χ1) is 8.69. The molecular formula is C14H19ClN2O2. The van der Waals surface area contributed by atoms with Crippen molar-refractivity contribution in [3.05, 3.63) is 28.8 Å². The molecule has 0 saturated heterocycles. The lowest BCUT2D eigenvalue weighted by atomic mass is 10.1. The van der Waals surface area contributed by atoms with Gasteiger partial charge >= 0.3 is 0 Å². The molecule has 0 atom stereocenters. The molecule has 0 bridgehead atoms. The first-order valence-electron chi connectivity index (χ1n) is 6.05. The average molecular weight is 283 g/mol. The molecule has 2 amide bonds. The Morgan fingerprint density at radius 1 is 1.21 bits per heavy atom. The molecule has 0 aliphatic heterocycles. The van der Waals surface area contributed by atoms with E-state index in [0.717, 1.165) is 5.56 Å². The van der Waals surface area contributed by atoms with Crippen LogP contribution >= 0.6 is 11.6 Å². The summed E-state index contributed by atoms with van der Waals surface area (Å²) >= 11 is 5.96. The predicted octanol–water partition coefficient (Wildman–Crippen LogP) is 2.89. The molecular weight excluding hydrogens is 264 g/mol. The number of anilines is 1. The van der Waals surface area contributed by atoms with Crippen molar-refractivity contribution in [3.8, 4) is 0 Å². The molecule has 2 N–H and O–H groups in total. The summed E-state index contributed by atoms with van der Waals surface area (Å²) in [7, 11) is 0. The fourth-order valence-electron chi connectivity index (χ4n) is 1.55. The van der Waals surface area contributed by atoms with Gasteiger partial charge in [-0.15, -0.1) is 0 Å². The average Bonchev–Trinajstić information content (AvgIpc) is 2.21. The van der Waals surface area contributed by atoms with Crippen molar-refractivity contribution < 1.29 is 9.59 Å². The fraction of sp³-hybridized carbons (Fsp3) is 0.429. The molecule has 19 heavy (non-hydrogen) atoms. The third-order valence-electron chi connectivity index (χ3n) is 2.38. The van der Waals surface area contributed by atoms with Crippen LogP contribution in [0.4, 0.5) is 5.69 Å². The maximum absolute atomic E-state index is 11.8. The van der Waals surface area contributed by atoms with Crippen LogP contribution in [0.15, 0.2) is 18.2 Å². The first-order valence-corrected chi connectivity index (χ1v) is 6.43. The number of rotatable bonds is 3. The van der Waals surface area contributed by atoms with Gasteiger partial charge in [-0.2, -0.15) is 0 Å². The van der Waals surface area contributed by atoms with Gasteiger partial charge in [-0.1, -0.05) is 17.7 Å². The molecule has 1 aromatic carbocycles. The third-order valence-corrected chi connectivity index (χ3v) is 2.79. The monoisotopic (exact) mass is 282 g/mol. The van der Waals surface area contributed by atoms with Crippen LogP contribution in [0, 0.1) is 6.92 Å². The molecule has 0 aromatic heterocycles. The standard InChI is InChI=1S/C14H19ClN2O2/c1-9-10(15)6-5-7-11(9)16-12(18)8-13(19)17-14(2,3)4/h5-7H,8H2,1-4H3,(H,16,18)(H,17,19). The quantitative estimate of drug-likeness (QED) is 0.838. The van der Waals surface area contributed by atoms with E-state index >= 15 is 0 Å². The maximum atomic E-state index is 11.8. The second-order valence-electron chi connectivity index (χ2n) is 5.44. The number of benzene rings is 1. The lowest BCUT2D eigenvalue weighted by Gasteiger charge is -2.20. The van der Waals surface area contributed by atoms with Crippen LogP contribution < -0.4 is 10.6 Å². The molecule has 1 rings (SSSR count). The summed E-state index contributed by atoms with van der Waals surface area (Å²) in [5.41, 5.74) is 1.07. The number of amides is 2. The molecule has 0 heterocycles. The summed E-state index contributed by atoms with van der Waals surface area (Å²) in [5, 5.41) is 6.00. The van der Waals surface area contributed by atoms with Crippen LogP contribution in [0.2, 0.25) is 5.02 Å². The Balaban J connectivity index is 2.61. The van der Waals surface area contributed by atoms with Crippen molar-refractivity contribution in [3.63, 3.8) is 0 Å². The molecule has 0 aliphatic rings. The molecule has 1 aromatic rings. The van der Waals surface area contributed by atoms with Gasteiger partial charge in [0.1, 0.15) is 6.42 Å².